The Morgan fingerprint density at radius 3 is 2.97 bits per heavy atom. The van der Waals surface area contributed by atoms with Gasteiger partial charge in [-0.1, -0.05) is 0 Å². The molecule has 9 nitrogen and oxygen atoms in total. The van der Waals surface area contributed by atoms with Gasteiger partial charge >= 0.3 is 0 Å². The van der Waals surface area contributed by atoms with E-state index in [0.29, 0.717) is 28.7 Å². The number of fused-ring (bicyclic) bond motifs is 3. The van der Waals surface area contributed by atoms with Crippen molar-refractivity contribution in [2.45, 2.75) is 25.7 Å². The third kappa shape index (κ3) is 3.69. The van der Waals surface area contributed by atoms with Crippen LogP contribution in [0, 0.1) is 10.1 Å². The predicted molar refractivity (Wildman–Crippen MR) is 123 cm³/mol. The highest BCUT2D eigenvalue weighted by Gasteiger charge is 2.20. The summed E-state index contributed by atoms with van der Waals surface area (Å²) in [4.78, 5) is 21.8. The summed E-state index contributed by atoms with van der Waals surface area (Å²) in [5.41, 5.74) is 4.80. The van der Waals surface area contributed by atoms with Gasteiger partial charge in [0.05, 0.1) is 29.2 Å². The van der Waals surface area contributed by atoms with E-state index in [-0.39, 0.29) is 5.69 Å². The van der Waals surface area contributed by atoms with Gasteiger partial charge in [-0.2, -0.15) is 5.10 Å². The van der Waals surface area contributed by atoms with E-state index in [9.17, 15) is 10.1 Å². The molecule has 0 unspecified atom stereocenters. The third-order valence-electron chi connectivity index (χ3n) is 5.40. The fraction of sp³-hybridized carbons (Fsp3) is 0.227. The Morgan fingerprint density at radius 1 is 1.25 bits per heavy atom. The summed E-state index contributed by atoms with van der Waals surface area (Å²) in [5, 5.41) is 16.5. The quantitative estimate of drug-likeness (QED) is 0.244. The summed E-state index contributed by atoms with van der Waals surface area (Å²) in [5.74, 6) is 2.09. The van der Waals surface area contributed by atoms with Gasteiger partial charge < -0.3 is 9.15 Å². The van der Waals surface area contributed by atoms with Gasteiger partial charge in [0.25, 0.3) is 5.69 Å². The Labute approximate surface area is 186 Å². The van der Waals surface area contributed by atoms with Crippen molar-refractivity contribution in [2.75, 3.05) is 12.5 Å². The van der Waals surface area contributed by atoms with Crippen molar-refractivity contribution in [1.82, 2.24) is 9.97 Å². The number of anilines is 1. The van der Waals surface area contributed by atoms with Gasteiger partial charge in [-0.3, -0.25) is 15.5 Å². The van der Waals surface area contributed by atoms with Crippen LogP contribution in [0.2, 0.25) is 0 Å². The molecule has 0 bridgehead atoms. The van der Waals surface area contributed by atoms with Gasteiger partial charge in [0.15, 0.2) is 5.82 Å². The van der Waals surface area contributed by atoms with Crippen molar-refractivity contribution in [3.8, 4) is 17.1 Å². The number of hydrogen-bond acceptors (Lipinski definition) is 9. The normalized spacial score (nSPS) is 13.4. The van der Waals surface area contributed by atoms with E-state index in [0.717, 1.165) is 23.1 Å². The molecule has 1 N–H and O–H groups in total. The van der Waals surface area contributed by atoms with Crippen molar-refractivity contribution in [2.24, 2.45) is 5.10 Å². The van der Waals surface area contributed by atoms with Crippen LogP contribution < -0.4 is 10.2 Å². The molecule has 1 aliphatic carbocycles. The molecule has 0 saturated carbocycles. The molecule has 10 heteroatoms. The van der Waals surface area contributed by atoms with Crippen LogP contribution in [0.5, 0.6) is 5.75 Å². The Hall–Kier alpha value is -3.79. The maximum absolute atomic E-state index is 11.1. The average Bonchev–Trinajstić information content (AvgIpc) is 3.43. The molecule has 0 spiro atoms. The minimum absolute atomic E-state index is 0.0408. The van der Waals surface area contributed by atoms with Crippen LogP contribution in [-0.4, -0.2) is 28.2 Å². The molecule has 0 radical (unpaired) electrons. The molecule has 3 aromatic heterocycles. The Kier molecular flexibility index (Phi) is 5.28. The average molecular weight is 449 g/mol. The highest BCUT2D eigenvalue weighted by atomic mass is 32.1. The van der Waals surface area contributed by atoms with Crippen molar-refractivity contribution >= 4 is 39.3 Å². The molecule has 1 aromatic carbocycles. The lowest BCUT2D eigenvalue weighted by atomic mass is 9.97. The van der Waals surface area contributed by atoms with E-state index < -0.39 is 4.92 Å². The third-order valence-corrected chi connectivity index (χ3v) is 6.60. The maximum Gasteiger partial charge on any atom is 0.270 e. The van der Waals surface area contributed by atoms with Crippen molar-refractivity contribution < 1.29 is 14.1 Å². The minimum Gasteiger partial charge on any atom is -0.496 e. The lowest BCUT2D eigenvalue weighted by molar-refractivity contribution is -0.384. The summed E-state index contributed by atoms with van der Waals surface area (Å²) in [7, 11) is 1.51. The van der Waals surface area contributed by atoms with Gasteiger partial charge in [-0.15, -0.1) is 11.3 Å². The van der Waals surface area contributed by atoms with E-state index in [1.165, 1.54) is 42.5 Å². The smallest absolute Gasteiger partial charge is 0.270 e. The lowest BCUT2D eigenvalue weighted by Crippen LogP contribution is -2.00. The molecular formula is C22H19N5O4S. The Balaban J connectivity index is 1.39. The van der Waals surface area contributed by atoms with Crippen molar-refractivity contribution in [1.29, 1.82) is 0 Å². The number of furan rings is 1. The second kappa shape index (κ2) is 8.39. The zero-order chi connectivity index (χ0) is 22.1. The number of nitro benzene ring substituents is 1. The van der Waals surface area contributed by atoms with Crippen molar-refractivity contribution in [3.05, 3.63) is 63.0 Å². The number of hydrogen-bond donors (Lipinski definition) is 1. The SMILES string of the molecule is COc1ccc([N+](=O)[O-])cc1-c1ccc(C=NNc2ncnc3sc4c(c23)CCCC4)o1. The number of benzene rings is 1. The van der Waals surface area contributed by atoms with Crippen LogP contribution in [0.3, 0.4) is 0 Å². The number of non-ortho nitro benzene ring substituents is 1. The van der Waals surface area contributed by atoms with Crippen LogP contribution in [0.1, 0.15) is 29.0 Å². The van der Waals surface area contributed by atoms with Crippen LogP contribution >= 0.6 is 11.3 Å². The lowest BCUT2D eigenvalue weighted by Gasteiger charge is -2.11. The van der Waals surface area contributed by atoms with E-state index in [2.05, 4.69) is 20.5 Å². The van der Waals surface area contributed by atoms with E-state index in [1.54, 1.807) is 42.1 Å². The predicted octanol–water partition coefficient (Wildman–Crippen LogP) is 5.19. The number of nitrogens with zero attached hydrogens (tertiary/aromatic N) is 4. The van der Waals surface area contributed by atoms with Crippen molar-refractivity contribution in [3.63, 3.8) is 0 Å². The van der Waals surface area contributed by atoms with E-state index in [1.807, 2.05) is 0 Å². The molecule has 0 atom stereocenters. The van der Waals surface area contributed by atoms with Crippen LogP contribution in [0.15, 0.2) is 46.2 Å². The molecule has 0 aliphatic heterocycles. The Morgan fingerprint density at radius 2 is 2.12 bits per heavy atom. The molecular weight excluding hydrogens is 430 g/mol. The standard InChI is InChI=1S/C22H19N5O4S/c1-30-17-8-6-13(27(28)29)10-16(17)18-9-7-14(31-18)11-25-26-21-20-15-4-2-3-5-19(15)32-22(20)24-12-23-21/h6-12H,2-5H2,1H3,(H,23,24,26). The van der Waals surface area contributed by atoms with Crippen LogP contribution in [0.25, 0.3) is 21.5 Å². The highest BCUT2D eigenvalue weighted by molar-refractivity contribution is 7.19. The second-order valence-electron chi connectivity index (χ2n) is 7.33. The number of methoxy groups -OCH3 is 1. The first-order valence-electron chi connectivity index (χ1n) is 10.1. The zero-order valence-electron chi connectivity index (χ0n) is 17.2. The Bertz CT molecular complexity index is 1340. The fourth-order valence-electron chi connectivity index (χ4n) is 3.90. The molecule has 162 valence electrons. The maximum atomic E-state index is 11.1. The number of ether oxygens (including phenoxy) is 1. The molecule has 0 amide bonds. The molecule has 32 heavy (non-hydrogen) atoms. The summed E-state index contributed by atoms with van der Waals surface area (Å²) >= 11 is 1.73. The molecule has 0 fully saturated rings. The molecule has 0 saturated heterocycles. The van der Waals surface area contributed by atoms with Gasteiger partial charge in [0, 0.05) is 17.0 Å². The van der Waals surface area contributed by atoms with Gasteiger partial charge in [0.1, 0.15) is 28.4 Å². The molecule has 5 rings (SSSR count). The first-order chi connectivity index (χ1) is 15.6. The van der Waals surface area contributed by atoms with Crippen LogP contribution in [0.4, 0.5) is 11.5 Å². The molecule has 1 aliphatic rings. The number of hydrazone groups is 1. The highest BCUT2D eigenvalue weighted by Crippen LogP contribution is 2.38. The number of aromatic nitrogens is 2. The van der Waals surface area contributed by atoms with E-state index in [4.69, 9.17) is 9.15 Å². The fourth-order valence-corrected chi connectivity index (χ4v) is 5.13. The first-order valence-corrected chi connectivity index (χ1v) is 10.9. The van der Waals surface area contributed by atoms with Gasteiger partial charge in [-0.05, 0) is 49.4 Å². The van der Waals surface area contributed by atoms with E-state index >= 15 is 0 Å². The topological polar surface area (TPSA) is 116 Å². The van der Waals surface area contributed by atoms with Gasteiger partial charge in [-0.25, -0.2) is 9.97 Å². The number of nitro groups is 1. The molecule has 4 aromatic rings. The number of thiophene rings is 1. The second-order valence-corrected chi connectivity index (χ2v) is 8.41. The summed E-state index contributed by atoms with van der Waals surface area (Å²) < 4.78 is 11.1. The minimum atomic E-state index is -0.455. The number of aryl methyl sites for hydroxylation is 2. The summed E-state index contributed by atoms with van der Waals surface area (Å²) in [6.07, 6.45) is 7.60. The largest absolute Gasteiger partial charge is 0.496 e. The zero-order valence-corrected chi connectivity index (χ0v) is 18.0. The monoisotopic (exact) mass is 449 g/mol. The summed E-state index contributed by atoms with van der Waals surface area (Å²) in [6, 6.07) is 7.83. The van der Waals surface area contributed by atoms with Gasteiger partial charge in [0.2, 0.25) is 0 Å². The van der Waals surface area contributed by atoms with Crippen LogP contribution in [-0.2, 0) is 12.8 Å². The molecule has 3 heterocycles. The summed E-state index contributed by atoms with van der Waals surface area (Å²) in [6.45, 7) is 0. The number of nitrogens with one attached hydrogen (secondary N) is 1. The first kappa shape index (κ1) is 20.1. The number of rotatable bonds is 6.